The summed E-state index contributed by atoms with van der Waals surface area (Å²) in [6, 6.07) is 17.0. The second kappa shape index (κ2) is 9.19. The Morgan fingerprint density at radius 2 is 1.63 bits per heavy atom. The van der Waals surface area contributed by atoms with Gasteiger partial charge in [-0.25, -0.2) is 0 Å². The number of hydrogen-bond acceptors (Lipinski definition) is 4. The molecule has 3 rings (SSSR count). The minimum absolute atomic E-state index is 0.0324. The van der Waals surface area contributed by atoms with Gasteiger partial charge in [0.2, 0.25) is 11.8 Å². The molecular weight excluding hydrogens is 342 g/mol. The van der Waals surface area contributed by atoms with Crippen LogP contribution in [0.25, 0.3) is 0 Å². The summed E-state index contributed by atoms with van der Waals surface area (Å²) in [5.74, 6) is 0.796. The van der Waals surface area contributed by atoms with Crippen LogP contribution in [0, 0.1) is 0 Å². The quantitative estimate of drug-likeness (QED) is 0.849. The number of carbonyl (C=O) groups is 2. The number of benzene rings is 2. The maximum absolute atomic E-state index is 12.6. The van der Waals surface area contributed by atoms with Gasteiger partial charge in [-0.3, -0.25) is 14.5 Å². The first-order chi connectivity index (χ1) is 13.2. The van der Waals surface area contributed by atoms with Crippen molar-refractivity contribution in [3.8, 4) is 5.75 Å². The largest absolute Gasteiger partial charge is 0.496 e. The van der Waals surface area contributed by atoms with Crippen LogP contribution in [-0.2, 0) is 16.0 Å². The average Bonchev–Trinajstić information content (AvgIpc) is 2.69. The van der Waals surface area contributed by atoms with Crippen LogP contribution in [0.1, 0.15) is 5.56 Å². The summed E-state index contributed by atoms with van der Waals surface area (Å²) in [4.78, 5) is 28.7. The van der Waals surface area contributed by atoms with Gasteiger partial charge in [0, 0.05) is 37.4 Å². The zero-order valence-electron chi connectivity index (χ0n) is 15.6. The number of methoxy groups -OCH3 is 1. The smallest absolute Gasteiger partial charge is 0.238 e. The summed E-state index contributed by atoms with van der Waals surface area (Å²) in [7, 11) is 1.61. The van der Waals surface area contributed by atoms with E-state index in [0.29, 0.717) is 39.1 Å². The Labute approximate surface area is 159 Å². The lowest BCUT2D eigenvalue weighted by Gasteiger charge is -2.34. The van der Waals surface area contributed by atoms with Crippen LogP contribution in [0.3, 0.4) is 0 Å². The van der Waals surface area contributed by atoms with Crippen LogP contribution in [0.4, 0.5) is 5.69 Å². The highest BCUT2D eigenvalue weighted by molar-refractivity contribution is 5.92. The van der Waals surface area contributed by atoms with E-state index in [1.54, 1.807) is 7.11 Å². The molecule has 1 N–H and O–H groups in total. The Hall–Kier alpha value is -2.86. The SMILES string of the molecule is COc1ccccc1CC(=O)N1CCN(CC(=O)Nc2ccccc2)CC1. The summed E-state index contributed by atoms with van der Waals surface area (Å²) >= 11 is 0. The van der Waals surface area contributed by atoms with Crippen LogP contribution >= 0.6 is 0 Å². The number of rotatable bonds is 6. The van der Waals surface area contributed by atoms with E-state index in [1.165, 1.54) is 0 Å². The van der Waals surface area contributed by atoms with E-state index in [4.69, 9.17) is 4.74 Å². The van der Waals surface area contributed by atoms with E-state index in [0.717, 1.165) is 17.0 Å². The van der Waals surface area contributed by atoms with Crippen LogP contribution < -0.4 is 10.1 Å². The van der Waals surface area contributed by atoms with Crippen LogP contribution in [0.5, 0.6) is 5.75 Å². The summed E-state index contributed by atoms with van der Waals surface area (Å²) < 4.78 is 5.32. The van der Waals surface area contributed by atoms with Crippen LogP contribution in [0.15, 0.2) is 54.6 Å². The molecule has 1 aliphatic heterocycles. The number of carbonyl (C=O) groups excluding carboxylic acids is 2. The molecule has 0 spiro atoms. The van der Waals surface area contributed by atoms with Gasteiger partial charge in [-0.15, -0.1) is 0 Å². The van der Waals surface area contributed by atoms with Crippen molar-refractivity contribution in [2.45, 2.75) is 6.42 Å². The van der Waals surface area contributed by atoms with Crippen molar-refractivity contribution in [2.75, 3.05) is 45.2 Å². The molecule has 0 aliphatic carbocycles. The fourth-order valence-corrected chi connectivity index (χ4v) is 3.20. The first-order valence-corrected chi connectivity index (χ1v) is 9.12. The second-order valence-corrected chi connectivity index (χ2v) is 6.56. The number of ether oxygens (including phenoxy) is 1. The molecule has 0 radical (unpaired) electrons. The third kappa shape index (κ3) is 5.31. The molecule has 0 saturated carbocycles. The van der Waals surface area contributed by atoms with Gasteiger partial charge in [0.15, 0.2) is 0 Å². The molecule has 142 valence electrons. The third-order valence-corrected chi connectivity index (χ3v) is 4.68. The molecule has 6 heteroatoms. The van der Waals surface area contributed by atoms with Gasteiger partial charge >= 0.3 is 0 Å². The fraction of sp³-hybridized carbons (Fsp3) is 0.333. The van der Waals surface area contributed by atoms with Crippen molar-refractivity contribution in [2.24, 2.45) is 0 Å². The second-order valence-electron chi connectivity index (χ2n) is 6.56. The van der Waals surface area contributed by atoms with Gasteiger partial charge < -0.3 is 15.0 Å². The number of hydrogen-bond donors (Lipinski definition) is 1. The Balaban J connectivity index is 1.45. The zero-order valence-corrected chi connectivity index (χ0v) is 15.6. The Morgan fingerprint density at radius 1 is 0.963 bits per heavy atom. The first kappa shape index (κ1) is 18.9. The molecule has 1 saturated heterocycles. The number of piperazine rings is 1. The monoisotopic (exact) mass is 367 g/mol. The molecule has 2 aromatic carbocycles. The molecule has 6 nitrogen and oxygen atoms in total. The average molecular weight is 367 g/mol. The third-order valence-electron chi connectivity index (χ3n) is 4.68. The summed E-state index contributed by atoms with van der Waals surface area (Å²) in [5, 5.41) is 2.89. The van der Waals surface area contributed by atoms with Gasteiger partial charge in [-0.2, -0.15) is 0 Å². The Bertz CT molecular complexity index is 771. The van der Waals surface area contributed by atoms with Crippen molar-refractivity contribution < 1.29 is 14.3 Å². The molecule has 2 amide bonds. The summed E-state index contributed by atoms with van der Waals surface area (Å²) in [5.41, 5.74) is 1.70. The van der Waals surface area contributed by atoms with Gasteiger partial charge in [-0.05, 0) is 18.2 Å². The lowest BCUT2D eigenvalue weighted by molar-refractivity contribution is -0.132. The number of para-hydroxylation sites is 2. The number of anilines is 1. The maximum Gasteiger partial charge on any atom is 0.238 e. The molecule has 0 atom stereocenters. The zero-order chi connectivity index (χ0) is 19.1. The summed E-state index contributed by atoms with van der Waals surface area (Å²) in [6.45, 7) is 2.99. The lowest BCUT2D eigenvalue weighted by atomic mass is 10.1. The van der Waals surface area contributed by atoms with Gasteiger partial charge in [-0.1, -0.05) is 36.4 Å². The van der Waals surface area contributed by atoms with E-state index in [9.17, 15) is 9.59 Å². The molecule has 0 bridgehead atoms. The van der Waals surface area contributed by atoms with Crippen molar-refractivity contribution in [3.63, 3.8) is 0 Å². The number of amides is 2. The normalized spacial score (nSPS) is 14.6. The van der Waals surface area contributed by atoms with E-state index in [-0.39, 0.29) is 11.8 Å². The fourth-order valence-electron chi connectivity index (χ4n) is 3.20. The van der Waals surface area contributed by atoms with Crippen LogP contribution in [0.2, 0.25) is 0 Å². The van der Waals surface area contributed by atoms with Crippen molar-refractivity contribution in [3.05, 3.63) is 60.2 Å². The molecule has 0 unspecified atom stereocenters. The topological polar surface area (TPSA) is 61.9 Å². The van der Waals surface area contributed by atoms with Gasteiger partial charge in [0.25, 0.3) is 0 Å². The molecule has 1 aliphatic rings. The Morgan fingerprint density at radius 3 is 2.33 bits per heavy atom. The maximum atomic E-state index is 12.6. The standard InChI is InChI=1S/C21H25N3O3/c1-27-19-10-6-5-7-17(19)15-21(26)24-13-11-23(12-14-24)16-20(25)22-18-8-3-2-4-9-18/h2-10H,11-16H2,1H3,(H,22,25). The minimum atomic E-state index is -0.0324. The molecule has 0 aromatic heterocycles. The predicted molar refractivity (Wildman–Crippen MR) is 105 cm³/mol. The van der Waals surface area contributed by atoms with Crippen molar-refractivity contribution in [1.82, 2.24) is 9.80 Å². The Kier molecular flexibility index (Phi) is 6.44. The molecule has 2 aromatic rings. The highest BCUT2D eigenvalue weighted by Gasteiger charge is 2.23. The van der Waals surface area contributed by atoms with E-state index in [1.807, 2.05) is 59.5 Å². The predicted octanol–water partition coefficient (Wildman–Crippen LogP) is 2.02. The van der Waals surface area contributed by atoms with E-state index >= 15 is 0 Å². The lowest BCUT2D eigenvalue weighted by Crippen LogP contribution is -2.50. The molecule has 1 heterocycles. The molecule has 1 fully saturated rings. The van der Waals surface area contributed by atoms with E-state index < -0.39 is 0 Å². The molecular formula is C21H25N3O3. The summed E-state index contributed by atoms with van der Waals surface area (Å²) in [6.07, 6.45) is 0.332. The van der Waals surface area contributed by atoms with Gasteiger partial charge in [0.1, 0.15) is 5.75 Å². The molecule has 27 heavy (non-hydrogen) atoms. The van der Waals surface area contributed by atoms with Gasteiger partial charge in [0.05, 0.1) is 20.1 Å². The number of nitrogens with zero attached hydrogens (tertiary/aromatic N) is 2. The minimum Gasteiger partial charge on any atom is -0.496 e. The number of nitrogens with one attached hydrogen (secondary N) is 1. The first-order valence-electron chi connectivity index (χ1n) is 9.12. The highest BCUT2D eigenvalue weighted by Crippen LogP contribution is 2.19. The highest BCUT2D eigenvalue weighted by atomic mass is 16.5. The van der Waals surface area contributed by atoms with Crippen molar-refractivity contribution >= 4 is 17.5 Å². The van der Waals surface area contributed by atoms with Crippen LogP contribution in [-0.4, -0.2) is 61.4 Å². The van der Waals surface area contributed by atoms with E-state index in [2.05, 4.69) is 10.2 Å². The van der Waals surface area contributed by atoms with Crippen molar-refractivity contribution in [1.29, 1.82) is 0 Å².